The van der Waals surface area contributed by atoms with Crippen molar-refractivity contribution in [3.05, 3.63) is 35.1 Å². The molecule has 1 aliphatic heterocycles. The van der Waals surface area contributed by atoms with Gasteiger partial charge < -0.3 is 5.73 Å². The van der Waals surface area contributed by atoms with Crippen molar-refractivity contribution in [3.63, 3.8) is 0 Å². The summed E-state index contributed by atoms with van der Waals surface area (Å²) in [6, 6.07) is 5.51. The Balaban J connectivity index is 1.75. The van der Waals surface area contributed by atoms with Crippen LogP contribution in [0.2, 0.25) is 0 Å². The van der Waals surface area contributed by atoms with Crippen LogP contribution in [0.4, 0.5) is 4.39 Å². The molecule has 2 atom stereocenters. The number of hydrogen-bond donors (Lipinski definition) is 2. The maximum absolute atomic E-state index is 13.9. The van der Waals surface area contributed by atoms with Gasteiger partial charge in [-0.15, -0.1) is 0 Å². The van der Waals surface area contributed by atoms with E-state index >= 15 is 0 Å². The van der Waals surface area contributed by atoms with Gasteiger partial charge in [0.05, 0.1) is 0 Å². The lowest BCUT2D eigenvalue weighted by atomic mass is 10.1. The molecule has 18 heavy (non-hydrogen) atoms. The van der Waals surface area contributed by atoms with E-state index in [1.807, 2.05) is 0 Å². The van der Waals surface area contributed by atoms with Crippen LogP contribution in [0.1, 0.15) is 30.4 Å². The van der Waals surface area contributed by atoms with Gasteiger partial charge in [-0.1, -0.05) is 12.1 Å². The number of halogens is 1. The average Bonchev–Trinajstić information content (AvgIpc) is 2.93. The highest BCUT2D eigenvalue weighted by molar-refractivity contribution is 5.94. The second-order valence-corrected chi connectivity index (χ2v) is 5.48. The van der Waals surface area contributed by atoms with Gasteiger partial charge >= 0.3 is 0 Å². The van der Waals surface area contributed by atoms with Gasteiger partial charge in [0.25, 0.3) is 0 Å². The smallest absolute Gasteiger partial charge is 0.128 e. The molecule has 1 aromatic carbocycles. The molecule has 1 saturated heterocycles. The largest absolute Gasteiger partial charge is 0.384 e. The van der Waals surface area contributed by atoms with Crippen LogP contribution in [0.5, 0.6) is 0 Å². The first-order valence-corrected chi connectivity index (χ1v) is 6.50. The highest BCUT2D eigenvalue weighted by Gasteiger charge is 2.37. The highest BCUT2D eigenvalue weighted by Crippen LogP contribution is 2.38. The zero-order valence-corrected chi connectivity index (χ0v) is 10.3. The Hall–Kier alpha value is -1.42. The number of piperidine rings is 1. The third-order valence-corrected chi connectivity index (χ3v) is 4.26. The van der Waals surface area contributed by atoms with Gasteiger partial charge in [-0.3, -0.25) is 10.3 Å². The molecule has 2 fully saturated rings. The Kier molecular flexibility index (Phi) is 2.82. The van der Waals surface area contributed by atoms with E-state index in [9.17, 15) is 4.39 Å². The summed E-state index contributed by atoms with van der Waals surface area (Å²) in [6.45, 7) is 1.80. The monoisotopic (exact) mass is 247 g/mol. The van der Waals surface area contributed by atoms with Crippen LogP contribution < -0.4 is 5.73 Å². The minimum absolute atomic E-state index is 0.0827. The molecular weight excluding hydrogens is 229 g/mol. The third kappa shape index (κ3) is 2.01. The number of amidine groups is 1. The molecule has 0 aromatic heterocycles. The summed E-state index contributed by atoms with van der Waals surface area (Å²) in [7, 11) is 0. The maximum atomic E-state index is 13.9. The summed E-state index contributed by atoms with van der Waals surface area (Å²) < 4.78 is 13.9. The molecule has 3 nitrogen and oxygen atoms in total. The summed E-state index contributed by atoms with van der Waals surface area (Å²) in [5.74, 6) is 0.501. The van der Waals surface area contributed by atoms with Gasteiger partial charge in [0.1, 0.15) is 11.7 Å². The average molecular weight is 247 g/mol. The van der Waals surface area contributed by atoms with Crippen LogP contribution in [0, 0.1) is 17.1 Å². The van der Waals surface area contributed by atoms with Gasteiger partial charge in [-0.05, 0) is 31.2 Å². The fourth-order valence-corrected chi connectivity index (χ4v) is 3.28. The summed E-state index contributed by atoms with van der Waals surface area (Å²) in [5.41, 5.74) is 6.52. The SMILES string of the molecule is N=C(N)c1ccc(CN2CC3CCC2C3)c(F)c1. The minimum Gasteiger partial charge on any atom is -0.384 e. The standard InChI is InChI=1S/C14H18FN3/c15-13-6-10(14(16)17)2-3-11(13)8-18-7-9-1-4-12(18)5-9/h2-3,6,9,12H,1,4-5,7-8H2,(H3,16,17). The molecule has 0 spiro atoms. The van der Waals surface area contributed by atoms with Gasteiger partial charge in [-0.2, -0.15) is 0 Å². The third-order valence-electron chi connectivity index (χ3n) is 4.26. The number of hydrogen-bond acceptors (Lipinski definition) is 2. The molecule has 2 aliphatic rings. The van der Waals surface area contributed by atoms with Crippen molar-refractivity contribution in [2.45, 2.75) is 31.8 Å². The fraction of sp³-hybridized carbons (Fsp3) is 0.500. The van der Waals surface area contributed by atoms with Crippen molar-refractivity contribution >= 4 is 5.84 Å². The number of rotatable bonds is 3. The van der Waals surface area contributed by atoms with E-state index in [4.69, 9.17) is 11.1 Å². The predicted octanol–water partition coefficient (Wildman–Crippen LogP) is 2.09. The van der Waals surface area contributed by atoms with Gasteiger partial charge in [0.15, 0.2) is 0 Å². The van der Waals surface area contributed by atoms with E-state index in [1.165, 1.54) is 25.3 Å². The zero-order valence-electron chi connectivity index (χ0n) is 10.3. The number of nitrogen functional groups attached to an aromatic ring is 1. The van der Waals surface area contributed by atoms with Crippen LogP contribution >= 0.6 is 0 Å². The number of nitrogens with zero attached hydrogens (tertiary/aromatic N) is 1. The van der Waals surface area contributed by atoms with Crippen LogP contribution in [0.3, 0.4) is 0 Å². The lowest BCUT2D eigenvalue weighted by molar-refractivity contribution is 0.203. The lowest BCUT2D eigenvalue weighted by Gasteiger charge is -2.26. The Labute approximate surface area is 106 Å². The van der Waals surface area contributed by atoms with Crippen molar-refractivity contribution in [2.24, 2.45) is 11.7 Å². The molecule has 0 radical (unpaired) electrons. The van der Waals surface area contributed by atoms with Crippen molar-refractivity contribution in [2.75, 3.05) is 6.54 Å². The summed E-state index contributed by atoms with van der Waals surface area (Å²) in [5, 5.41) is 7.29. The molecular formula is C14H18FN3. The maximum Gasteiger partial charge on any atom is 0.128 e. The number of nitrogens with one attached hydrogen (secondary N) is 1. The fourth-order valence-electron chi connectivity index (χ4n) is 3.28. The van der Waals surface area contributed by atoms with E-state index < -0.39 is 0 Å². The first-order valence-electron chi connectivity index (χ1n) is 6.50. The number of likely N-dealkylation sites (tertiary alicyclic amines) is 1. The van der Waals surface area contributed by atoms with E-state index in [0.717, 1.165) is 12.5 Å². The molecule has 4 heteroatoms. The first-order chi connectivity index (χ1) is 8.63. The molecule has 3 N–H and O–H groups in total. The second kappa shape index (κ2) is 4.35. The number of nitrogens with two attached hydrogens (primary N) is 1. The number of fused-ring (bicyclic) bond motifs is 2. The molecule has 1 heterocycles. The second-order valence-electron chi connectivity index (χ2n) is 5.48. The van der Waals surface area contributed by atoms with Crippen molar-refractivity contribution in [1.29, 1.82) is 5.41 Å². The Morgan fingerprint density at radius 2 is 2.28 bits per heavy atom. The molecule has 2 bridgehead atoms. The normalized spacial score (nSPS) is 26.7. The molecule has 1 aliphatic carbocycles. The van der Waals surface area contributed by atoms with Crippen LogP contribution in [-0.4, -0.2) is 23.3 Å². The van der Waals surface area contributed by atoms with E-state index in [2.05, 4.69) is 4.90 Å². The van der Waals surface area contributed by atoms with E-state index in [0.29, 0.717) is 23.7 Å². The molecule has 0 amide bonds. The van der Waals surface area contributed by atoms with Crippen LogP contribution in [0.25, 0.3) is 0 Å². The van der Waals surface area contributed by atoms with Crippen molar-refractivity contribution in [1.82, 2.24) is 4.90 Å². The van der Waals surface area contributed by atoms with E-state index in [-0.39, 0.29) is 11.7 Å². The molecule has 1 saturated carbocycles. The highest BCUT2D eigenvalue weighted by atomic mass is 19.1. The van der Waals surface area contributed by atoms with Crippen LogP contribution in [-0.2, 0) is 6.54 Å². The quantitative estimate of drug-likeness (QED) is 0.635. The molecule has 2 unspecified atom stereocenters. The van der Waals surface area contributed by atoms with Gasteiger partial charge in [-0.25, -0.2) is 4.39 Å². The summed E-state index contributed by atoms with van der Waals surface area (Å²) in [4.78, 5) is 2.39. The van der Waals surface area contributed by atoms with Crippen LogP contribution in [0.15, 0.2) is 18.2 Å². The predicted molar refractivity (Wildman–Crippen MR) is 69.0 cm³/mol. The first kappa shape index (κ1) is 11.7. The minimum atomic E-state index is -0.245. The topological polar surface area (TPSA) is 53.1 Å². The Morgan fingerprint density at radius 1 is 1.44 bits per heavy atom. The van der Waals surface area contributed by atoms with E-state index in [1.54, 1.807) is 12.1 Å². The Bertz CT molecular complexity index is 486. The number of benzene rings is 1. The lowest BCUT2D eigenvalue weighted by Crippen LogP contribution is -2.31. The molecule has 3 rings (SSSR count). The molecule has 96 valence electrons. The van der Waals surface area contributed by atoms with Gasteiger partial charge in [0, 0.05) is 30.3 Å². The summed E-state index contributed by atoms with van der Waals surface area (Å²) >= 11 is 0. The van der Waals surface area contributed by atoms with Crippen molar-refractivity contribution in [3.8, 4) is 0 Å². The molecule has 1 aromatic rings. The van der Waals surface area contributed by atoms with Gasteiger partial charge in [0.2, 0.25) is 0 Å². The summed E-state index contributed by atoms with van der Waals surface area (Å²) in [6.07, 6.45) is 3.89. The zero-order chi connectivity index (χ0) is 12.7. The van der Waals surface area contributed by atoms with Crippen molar-refractivity contribution < 1.29 is 4.39 Å². The Morgan fingerprint density at radius 3 is 2.83 bits per heavy atom.